The summed E-state index contributed by atoms with van der Waals surface area (Å²) in [6.07, 6.45) is 8.12. The molecule has 3 rings (SSSR count). The summed E-state index contributed by atoms with van der Waals surface area (Å²) >= 11 is 0. The van der Waals surface area contributed by atoms with E-state index in [0.717, 1.165) is 23.8 Å². The summed E-state index contributed by atoms with van der Waals surface area (Å²) < 4.78 is 2.29. The third-order valence-electron chi connectivity index (χ3n) is 4.71. The highest BCUT2D eigenvalue weighted by molar-refractivity contribution is 5.76. The fourth-order valence-corrected chi connectivity index (χ4v) is 3.50. The van der Waals surface area contributed by atoms with E-state index in [4.69, 9.17) is 4.98 Å². The van der Waals surface area contributed by atoms with E-state index in [0.29, 0.717) is 6.54 Å². The molecule has 0 unspecified atom stereocenters. The van der Waals surface area contributed by atoms with Gasteiger partial charge in [0.2, 0.25) is 5.91 Å². The van der Waals surface area contributed by atoms with E-state index in [1.165, 1.54) is 44.0 Å². The van der Waals surface area contributed by atoms with E-state index in [1.807, 2.05) is 12.1 Å². The topological polar surface area (TPSA) is 46.9 Å². The number of hydrogen-bond donors (Lipinski definition) is 1. The predicted molar refractivity (Wildman–Crippen MR) is 88.4 cm³/mol. The minimum absolute atomic E-state index is 0.00844. The highest BCUT2D eigenvalue weighted by Gasteiger charge is 2.16. The Morgan fingerprint density at radius 3 is 2.82 bits per heavy atom. The Bertz CT molecular complexity index is 641. The lowest BCUT2D eigenvalue weighted by Gasteiger charge is -2.22. The van der Waals surface area contributed by atoms with Crippen LogP contribution in [0.4, 0.5) is 0 Å². The highest BCUT2D eigenvalue weighted by atomic mass is 16.1. The molecule has 1 aliphatic rings. The first-order chi connectivity index (χ1) is 10.7. The number of benzene rings is 1. The standard InChI is InChI=1S/C18H25N3O/c1-14(22)19-13-18-20-16-9-5-6-10-17(16)21(18)12-11-15-7-3-2-4-8-15/h5-6,9-10,15H,2-4,7-8,11-13H2,1H3,(H,19,22). The number of para-hydroxylation sites is 2. The molecule has 0 bridgehead atoms. The molecule has 1 amide bonds. The molecule has 4 nitrogen and oxygen atoms in total. The molecule has 1 heterocycles. The fourth-order valence-electron chi connectivity index (χ4n) is 3.50. The van der Waals surface area contributed by atoms with E-state index in [1.54, 1.807) is 6.92 Å². The molecule has 118 valence electrons. The SMILES string of the molecule is CC(=O)NCc1nc2ccccc2n1CCC1CCCCC1. The van der Waals surface area contributed by atoms with Crippen molar-refractivity contribution in [3.05, 3.63) is 30.1 Å². The summed E-state index contributed by atoms with van der Waals surface area (Å²) in [5.74, 6) is 1.81. The fraction of sp³-hybridized carbons (Fsp3) is 0.556. The average Bonchev–Trinajstić information content (AvgIpc) is 2.89. The average molecular weight is 299 g/mol. The first kappa shape index (κ1) is 15.1. The van der Waals surface area contributed by atoms with E-state index in [9.17, 15) is 4.79 Å². The molecule has 1 N–H and O–H groups in total. The van der Waals surface area contributed by atoms with Gasteiger partial charge in [-0.15, -0.1) is 0 Å². The van der Waals surface area contributed by atoms with Gasteiger partial charge < -0.3 is 9.88 Å². The minimum atomic E-state index is -0.00844. The summed E-state index contributed by atoms with van der Waals surface area (Å²) in [5, 5.41) is 2.88. The molecule has 1 aromatic heterocycles. The molecule has 0 atom stereocenters. The van der Waals surface area contributed by atoms with Gasteiger partial charge in [-0.25, -0.2) is 4.98 Å². The zero-order chi connectivity index (χ0) is 15.4. The second-order valence-electron chi connectivity index (χ2n) is 6.37. The van der Waals surface area contributed by atoms with Gasteiger partial charge >= 0.3 is 0 Å². The summed E-state index contributed by atoms with van der Waals surface area (Å²) in [5.41, 5.74) is 2.20. The van der Waals surface area contributed by atoms with Crippen LogP contribution in [0.25, 0.3) is 11.0 Å². The molecule has 0 spiro atoms. The van der Waals surface area contributed by atoms with Crippen LogP contribution < -0.4 is 5.32 Å². The Hall–Kier alpha value is -1.84. The highest BCUT2D eigenvalue weighted by Crippen LogP contribution is 2.27. The predicted octanol–water partition coefficient (Wildman–Crippen LogP) is 3.64. The lowest BCUT2D eigenvalue weighted by Crippen LogP contribution is -2.22. The van der Waals surface area contributed by atoms with Gasteiger partial charge in [0.15, 0.2) is 0 Å². The maximum Gasteiger partial charge on any atom is 0.217 e. The Balaban J connectivity index is 1.78. The van der Waals surface area contributed by atoms with Crippen LogP contribution in [0.5, 0.6) is 0 Å². The molecular weight excluding hydrogens is 274 g/mol. The number of amides is 1. The normalized spacial score (nSPS) is 16.0. The van der Waals surface area contributed by atoms with Crippen LogP contribution in [0.15, 0.2) is 24.3 Å². The summed E-state index contributed by atoms with van der Waals surface area (Å²) in [6.45, 7) is 3.06. The van der Waals surface area contributed by atoms with Gasteiger partial charge in [0.25, 0.3) is 0 Å². The van der Waals surface area contributed by atoms with Crippen LogP contribution >= 0.6 is 0 Å². The first-order valence-corrected chi connectivity index (χ1v) is 8.42. The van der Waals surface area contributed by atoms with Gasteiger partial charge in [-0.3, -0.25) is 4.79 Å². The lowest BCUT2D eigenvalue weighted by molar-refractivity contribution is -0.119. The van der Waals surface area contributed by atoms with Gasteiger partial charge in [-0.2, -0.15) is 0 Å². The van der Waals surface area contributed by atoms with Crippen molar-refractivity contribution in [2.45, 2.75) is 58.5 Å². The first-order valence-electron chi connectivity index (χ1n) is 8.42. The molecule has 0 aliphatic heterocycles. The molecule has 2 aromatic rings. The number of imidazole rings is 1. The van der Waals surface area contributed by atoms with Gasteiger partial charge in [0, 0.05) is 13.5 Å². The third-order valence-corrected chi connectivity index (χ3v) is 4.71. The molecule has 1 aliphatic carbocycles. The van der Waals surface area contributed by atoms with Crippen molar-refractivity contribution < 1.29 is 4.79 Å². The molecule has 4 heteroatoms. The van der Waals surface area contributed by atoms with Crippen molar-refractivity contribution >= 4 is 16.9 Å². The van der Waals surface area contributed by atoms with E-state index < -0.39 is 0 Å². The Morgan fingerprint density at radius 1 is 1.27 bits per heavy atom. The molecule has 0 radical (unpaired) electrons. The van der Waals surface area contributed by atoms with Crippen molar-refractivity contribution in [2.75, 3.05) is 0 Å². The zero-order valence-corrected chi connectivity index (χ0v) is 13.3. The number of fused-ring (bicyclic) bond motifs is 1. The van der Waals surface area contributed by atoms with Crippen LogP contribution in [0, 0.1) is 5.92 Å². The Labute approximate surface area is 131 Å². The molecule has 1 fully saturated rings. The maximum atomic E-state index is 11.2. The van der Waals surface area contributed by atoms with E-state index in [-0.39, 0.29) is 5.91 Å². The number of aryl methyl sites for hydroxylation is 1. The second-order valence-corrected chi connectivity index (χ2v) is 6.37. The summed E-state index contributed by atoms with van der Waals surface area (Å²) in [7, 11) is 0. The second kappa shape index (κ2) is 6.95. The van der Waals surface area contributed by atoms with E-state index >= 15 is 0 Å². The Kier molecular flexibility index (Phi) is 4.76. The van der Waals surface area contributed by atoms with Gasteiger partial charge in [-0.05, 0) is 24.5 Å². The quantitative estimate of drug-likeness (QED) is 0.916. The van der Waals surface area contributed by atoms with Gasteiger partial charge in [0.05, 0.1) is 17.6 Å². The number of nitrogens with zero attached hydrogens (tertiary/aromatic N) is 2. The Morgan fingerprint density at radius 2 is 2.05 bits per heavy atom. The van der Waals surface area contributed by atoms with Crippen LogP contribution in [0.3, 0.4) is 0 Å². The lowest BCUT2D eigenvalue weighted by atomic mass is 9.87. The number of rotatable bonds is 5. The molecule has 1 saturated carbocycles. The van der Waals surface area contributed by atoms with Crippen LogP contribution in [0.2, 0.25) is 0 Å². The minimum Gasteiger partial charge on any atom is -0.349 e. The third kappa shape index (κ3) is 3.49. The smallest absolute Gasteiger partial charge is 0.217 e. The number of carbonyl (C=O) groups excluding carboxylic acids is 1. The molecule has 0 saturated heterocycles. The zero-order valence-electron chi connectivity index (χ0n) is 13.3. The maximum absolute atomic E-state index is 11.2. The van der Waals surface area contributed by atoms with Crippen molar-refractivity contribution in [1.29, 1.82) is 0 Å². The van der Waals surface area contributed by atoms with Crippen molar-refractivity contribution in [3.63, 3.8) is 0 Å². The number of nitrogens with one attached hydrogen (secondary N) is 1. The summed E-state index contributed by atoms with van der Waals surface area (Å²) in [6, 6.07) is 8.25. The largest absolute Gasteiger partial charge is 0.349 e. The number of hydrogen-bond acceptors (Lipinski definition) is 2. The van der Waals surface area contributed by atoms with Crippen LogP contribution in [0.1, 0.15) is 51.3 Å². The molecular formula is C18H25N3O. The van der Waals surface area contributed by atoms with Crippen molar-refractivity contribution in [2.24, 2.45) is 5.92 Å². The van der Waals surface area contributed by atoms with Crippen molar-refractivity contribution in [3.8, 4) is 0 Å². The van der Waals surface area contributed by atoms with Gasteiger partial charge in [0.1, 0.15) is 5.82 Å². The van der Waals surface area contributed by atoms with Crippen molar-refractivity contribution in [1.82, 2.24) is 14.9 Å². The number of carbonyl (C=O) groups is 1. The summed E-state index contributed by atoms with van der Waals surface area (Å²) in [4.78, 5) is 15.9. The van der Waals surface area contributed by atoms with E-state index in [2.05, 4.69) is 22.0 Å². The molecule has 1 aromatic carbocycles. The van der Waals surface area contributed by atoms with Crippen LogP contribution in [-0.2, 0) is 17.9 Å². The number of aromatic nitrogens is 2. The van der Waals surface area contributed by atoms with Gasteiger partial charge in [-0.1, -0.05) is 44.2 Å². The molecule has 22 heavy (non-hydrogen) atoms. The monoisotopic (exact) mass is 299 g/mol. The van der Waals surface area contributed by atoms with Crippen LogP contribution in [-0.4, -0.2) is 15.5 Å².